The first-order valence-electron chi connectivity index (χ1n) is 12.2. The average Bonchev–Trinajstić information content (AvgIpc) is 2.83. The van der Waals surface area contributed by atoms with E-state index in [0.29, 0.717) is 19.3 Å². The molecule has 2 N–H and O–H groups in total. The third kappa shape index (κ3) is 7.91. The van der Waals surface area contributed by atoms with Crippen LogP contribution in [0.4, 0.5) is 13.2 Å². The minimum absolute atomic E-state index is 0.00544. The molecule has 1 aliphatic rings. The fourth-order valence-electron chi connectivity index (χ4n) is 4.35. The van der Waals surface area contributed by atoms with Crippen molar-refractivity contribution in [1.82, 2.24) is 10.2 Å². The molecule has 0 saturated carbocycles. The van der Waals surface area contributed by atoms with E-state index in [1.54, 1.807) is 44.2 Å². The Bertz CT molecular complexity index is 957. The summed E-state index contributed by atoms with van der Waals surface area (Å²) in [6.07, 6.45) is -4.55. The van der Waals surface area contributed by atoms with Gasteiger partial charge < -0.3 is 19.5 Å². The number of benzene rings is 1. The smallest absolute Gasteiger partial charge is 0.480 e. The molecule has 0 spiro atoms. The molecule has 9 nitrogen and oxygen atoms in total. The molecule has 1 heterocycles. The second-order valence-corrected chi connectivity index (χ2v) is 9.01. The molecule has 4 unspecified atom stereocenters. The first kappa shape index (κ1) is 30.1. The first-order chi connectivity index (χ1) is 17.3. The van der Waals surface area contributed by atoms with E-state index >= 15 is 0 Å². The summed E-state index contributed by atoms with van der Waals surface area (Å²) in [7, 11) is 0. The van der Waals surface area contributed by atoms with Crippen molar-refractivity contribution < 1.29 is 46.9 Å². The topological polar surface area (TPSA) is 122 Å². The van der Waals surface area contributed by atoms with Gasteiger partial charge in [0.15, 0.2) is 0 Å². The Balaban J connectivity index is 2.55. The van der Waals surface area contributed by atoms with Crippen LogP contribution in [0.15, 0.2) is 30.3 Å². The average molecular weight is 531 g/mol. The van der Waals surface area contributed by atoms with Gasteiger partial charge in [0.1, 0.15) is 12.1 Å². The number of carboxylic acids is 1. The Labute approximate surface area is 213 Å². The van der Waals surface area contributed by atoms with Crippen LogP contribution >= 0.6 is 0 Å². The zero-order valence-corrected chi connectivity index (χ0v) is 21.0. The number of nitrogens with zero attached hydrogens (tertiary/aromatic N) is 1. The number of amides is 1. The minimum Gasteiger partial charge on any atom is -0.480 e. The number of likely N-dealkylation sites (tertiary alicyclic amines) is 1. The van der Waals surface area contributed by atoms with E-state index in [9.17, 15) is 37.5 Å². The highest BCUT2D eigenvalue weighted by Crippen LogP contribution is 2.31. The number of carbonyl (C=O) groups is 4. The lowest BCUT2D eigenvalue weighted by Crippen LogP contribution is -2.68. The van der Waals surface area contributed by atoms with Crippen LogP contribution in [0.5, 0.6) is 0 Å². The standard InChI is InChI=1S/C25H33F3N2O7/c1-4-36-21(33)19(14-13-18-11-6-5-7-12-18)29-24(37-23(35)25(26,27)28)15-9-8-10-16(2)30(22(24)34)17(3)20(31)32/h5-7,11-12,16-17,19,29H,4,8-10,13-15H2,1-3H3,(H,31,32). The van der Waals surface area contributed by atoms with E-state index in [0.717, 1.165) is 10.5 Å². The van der Waals surface area contributed by atoms with Crippen molar-refractivity contribution in [3.05, 3.63) is 35.9 Å². The van der Waals surface area contributed by atoms with E-state index in [-0.39, 0.29) is 19.4 Å². The van der Waals surface area contributed by atoms with Gasteiger partial charge >= 0.3 is 24.1 Å². The van der Waals surface area contributed by atoms with Crippen molar-refractivity contribution >= 4 is 23.8 Å². The third-order valence-corrected chi connectivity index (χ3v) is 6.27. The number of esters is 2. The Morgan fingerprint density at radius 2 is 1.86 bits per heavy atom. The van der Waals surface area contributed by atoms with E-state index in [2.05, 4.69) is 5.32 Å². The number of ether oxygens (including phenoxy) is 2. The number of aliphatic carboxylic acids is 1. The second-order valence-electron chi connectivity index (χ2n) is 9.01. The molecule has 1 saturated heterocycles. The molecule has 37 heavy (non-hydrogen) atoms. The molecule has 1 aromatic rings. The van der Waals surface area contributed by atoms with Gasteiger partial charge in [0, 0.05) is 12.5 Å². The van der Waals surface area contributed by atoms with Crippen LogP contribution in [0.25, 0.3) is 0 Å². The summed E-state index contributed by atoms with van der Waals surface area (Å²) < 4.78 is 49.9. The van der Waals surface area contributed by atoms with Crippen LogP contribution in [-0.4, -0.2) is 70.5 Å². The summed E-state index contributed by atoms with van der Waals surface area (Å²) in [5.41, 5.74) is -1.82. The molecule has 0 radical (unpaired) electrons. The number of carboxylic acid groups (broad SMARTS) is 1. The van der Waals surface area contributed by atoms with Crippen LogP contribution < -0.4 is 5.32 Å². The molecule has 12 heteroatoms. The quantitative estimate of drug-likeness (QED) is 0.349. The molecule has 1 aromatic carbocycles. The normalized spacial score (nSPS) is 22.4. The predicted octanol–water partition coefficient (Wildman–Crippen LogP) is 3.21. The second kappa shape index (κ2) is 12.9. The third-order valence-electron chi connectivity index (χ3n) is 6.27. The van der Waals surface area contributed by atoms with Gasteiger partial charge in [0.25, 0.3) is 5.91 Å². The maximum absolute atomic E-state index is 13.8. The zero-order chi connectivity index (χ0) is 27.8. The first-order valence-corrected chi connectivity index (χ1v) is 12.2. The van der Waals surface area contributed by atoms with E-state index < -0.39 is 60.3 Å². The highest BCUT2D eigenvalue weighted by atomic mass is 19.4. The lowest BCUT2D eigenvalue weighted by atomic mass is 9.93. The van der Waals surface area contributed by atoms with Crippen LogP contribution in [0.1, 0.15) is 58.4 Å². The Kier molecular flexibility index (Phi) is 10.5. The number of hydrogen-bond acceptors (Lipinski definition) is 7. The van der Waals surface area contributed by atoms with Gasteiger partial charge in [-0.25, -0.2) is 9.59 Å². The van der Waals surface area contributed by atoms with Crippen molar-refractivity contribution in [3.8, 4) is 0 Å². The molecule has 0 aliphatic carbocycles. The highest BCUT2D eigenvalue weighted by Gasteiger charge is 2.54. The number of rotatable bonds is 10. The minimum atomic E-state index is -5.43. The number of nitrogens with one attached hydrogen (secondary N) is 1. The number of hydrogen-bond donors (Lipinski definition) is 2. The summed E-state index contributed by atoms with van der Waals surface area (Å²) in [6, 6.07) is 5.48. The fourth-order valence-corrected chi connectivity index (χ4v) is 4.35. The van der Waals surface area contributed by atoms with Gasteiger partial charge in [-0.15, -0.1) is 0 Å². The summed E-state index contributed by atoms with van der Waals surface area (Å²) >= 11 is 0. The summed E-state index contributed by atoms with van der Waals surface area (Å²) in [5, 5.41) is 12.2. The van der Waals surface area contributed by atoms with Gasteiger partial charge in [0.2, 0.25) is 5.72 Å². The zero-order valence-electron chi connectivity index (χ0n) is 21.0. The summed E-state index contributed by atoms with van der Waals surface area (Å²) in [4.78, 5) is 51.4. The Morgan fingerprint density at radius 3 is 2.43 bits per heavy atom. The predicted molar refractivity (Wildman–Crippen MR) is 125 cm³/mol. The van der Waals surface area contributed by atoms with Gasteiger partial charge in [-0.2, -0.15) is 13.2 Å². The van der Waals surface area contributed by atoms with E-state index in [1.807, 2.05) is 0 Å². The van der Waals surface area contributed by atoms with Crippen LogP contribution in [0.3, 0.4) is 0 Å². The van der Waals surface area contributed by atoms with Crippen molar-refractivity contribution in [2.24, 2.45) is 0 Å². The lowest BCUT2D eigenvalue weighted by Gasteiger charge is -2.44. The Morgan fingerprint density at radius 1 is 1.22 bits per heavy atom. The molecule has 206 valence electrons. The summed E-state index contributed by atoms with van der Waals surface area (Å²) in [6.45, 7) is 4.29. The van der Waals surface area contributed by atoms with Crippen LogP contribution in [-0.2, 0) is 35.1 Å². The summed E-state index contributed by atoms with van der Waals surface area (Å²) in [5.74, 6) is -6.03. The highest BCUT2D eigenvalue weighted by molar-refractivity contribution is 5.92. The van der Waals surface area contributed by atoms with Crippen LogP contribution in [0, 0.1) is 0 Å². The molecule has 1 fully saturated rings. The number of carbonyl (C=O) groups excluding carboxylic acids is 3. The van der Waals surface area contributed by atoms with Gasteiger partial charge in [0.05, 0.1) is 6.61 Å². The van der Waals surface area contributed by atoms with E-state index in [1.165, 1.54) is 6.92 Å². The van der Waals surface area contributed by atoms with Gasteiger partial charge in [-0.1, -0.05) is 36.8 Å². The molecule has 0 aromatic heterocycles. The molecular formula is C25H33F3N2O7. The molecular weight excluding hydrogens is 497 g/mol. The maximum atomic E-state index is 13.8. The van der Waals surface area contributed by atoms with Gasteiger partial charge in [-0.05, 0) is 52.0 Å². The number of aryl methyl sites for hydroxylation is 1. The fraction of sp³-hybridized carbons (Fsp3) is 0.600. The van der Waals surface area contributed by atoms with Crippen LogP contribution in [0.2, 0.25) is 0 Å². The maximum Gasteiger partial charge on any atom is 0.491 e. The monoisotopic (exact) mass is 530 g/mol. The van der Waals surface area contributed by atoms with Crippen molar-refractivity contribution in [1.29, 1.82) is 0 Å². The number of alkyl halides is 3. The molecule has 0 bridgehead atoms. The van der Waals surface area contributed by atoms with Gasteiger partial charge in [-0.3, -0.25) is 14.9 Å². The van der Waals surface area contributed by atoms with Crippen molar-refractivity contribution in [2.45, 2.75) is 89.3 Å². The lowest BCUT2D eigenvalue weighted by molar-refractivity contribution is -0.223. The number of halogens is 3. The molecule has 2 rings (SSSR count). The molecule has 4 atom stereocenters. The Hall–Kier alpha value is -3.15. The molecule has 1 aliphatic heterocycles. The SMILES string of the molecule is CCOC(=O)C(CCc1ccccc1)NC1(OC(=O)C(F)(F)F)CCCCC(C)N(C(C)C(=O)O)C1=O. The van der Waals surface area contributed by atoms with Crippen molar-refractivity contribution in [3.63, 3.8) is 0 Å². The molecule has 1 amide bonds. The largest absolute Gasteiger partial charge is 0.491 e. The van der Waals surface area contributed by atoms with Crippen molar-refractivity contribution in [2.75, 3.05) is 6.61 Å². The van der Waals surface area contributed by atoms with E-state index in [4.69, 9.17) is 9.47 Å².